The smallest absolute Gasteiger partial charge is 0.244 e. The Bertz CT molecular complexity index is 525. The van der Waals surface area contributed by atoms with Gasteiger partial charge in [0.15, 0.2) is 11.0 Å². The van der Waals surface area contributed by atoms with Gasteiger partial charge in [-0.2, -0.15) is 5.26 Å². The molecular weight excluding hydrogens is 278 g/mol. The van der Waals surface area contributed by atoms with Gasteiger partial charge < -0.3 is 17.0 Å². The second kappa shape index (κ2) is 6.41. The number of para-hydroxylation sites is 2. The summed E-state index contributed by atoms with van der Waals surface area (Å²) >= 11 is 0. The molecule has 0 unspecified atom stereocenters. The first-order valence-corrected chi connectivity index (χ1v) is 5.71. The van der Waals surface area contributed by atoms with E-state index in [0.29, 0.717) is 6.42 Å². The summed E-state index contributed by atoms with van der Waals surface area (Å²) in [6.07, 6.45) is 3.80. The maximum Gasteiger partial charge on any atom is 0.244 e. The van der Waals surface area contributed by atoms with Crippen LogP contribution in [0.1, 0.15) is 19.8 Å². The predicted octanol–water partition coefficient (Wildman–Crippen LogP) is -0.744. The van der Waals surface area contributed by atoms with Crippen molar-refractivity contribution in [1.82, 2.24) is 4.57 Å². The molecule has 0 amide bonds. The van der Waals surface area contributed by atoms with E-state index in [1.165, 1.54) is 11.0 Å². The number of nitriles is 1. The van der Waals surface area contributed by atoms with E-state index in [0.717, 1.165) is 19.5 Å². The van der Waals surface area contributed by atoms with Crippen molar-refractivity contribution < 1.29 is 21.5 Å². The van der Waals surface area contributed by atoms with Gasteiger partial charge in [-0.15, -0.1) is 0 Å². The second-order valence-electron chi connectivity index (χ2n) is 3.90. The van der Waals surface area contributed by atoms with Gasteiger partial charge in [-0.3, -0.25) is 0 Å². The van der Waals surface area contributed by atoms with Gasteiger partial charge in [0.2, 0.25) is 6.33 Å². The highest BCUT2D eigenvalue weighted by Crippen LogP contribution is 2.11. The molecule has 0 atom stereocenters. The Hall–Kier alpha value is -1.34. The molecule has 3 nitrogen and oxygen atoms in total. The van der Waals surface area contributed by atoms with Crippen molar-refractivity contribution >= 4 is 11.0 Å². The van der Waals surface area contributed by atoms with E-state index >= 15 is 0 Å². The van der Waals surface area contributed by atoms with Crippen LogP contribution in [-0.4, -0.2) is 4.57 Å². The van der Waals surface area contributed by atoms with Crippen LogP contribution in [0.2, 0.25) is 0 Å². The summed E-state index contributed by atoms with van der Waals surface area (Å²) in [7, 11) is 0. The van der Waals surface area contributed by atoms with Crippen molar-refractivity contribution in [2.24, 2.45) is 0 Å². The normalized spacial score (nSPS) is 9.88. The molecule has 0 saturated carbocycles. The molecule has 0 aliphatic heterocycles. The Morgan fingerprint density at radius 2 is 2.12 bits per heavy atom. The van der Waals surface area contributed by atoms with Crippen LogP contribution in [-0.2, 0) is 13.1 Å². The Morgan fingerprint density at radius 3 is 2.82 bits per heavy atom. The minimum Gasteiger partial charge on any atom is -1.00 e. The highest BCUT2D eigenvalue weighted by Gasteiger charge is 2.13. The van der Waals surface area contributed by atoms with Crippen LogP contribution in [0, 0.1) is 11.3 Å². The van der Waals surface area contributed by atoms with Crippen LogP contribution in [0.5, 0.6) is 0 Å². The Morgan fingerprint density at radius 1 is 1.35 bits per heavy atom. The Kier molecular flexibility index (Phi) is 5.17. The van der Waals surface area contributed by atoms with E-state index < -0.39 is 0 Å². The summed E-state index contributed by atoms with van der Waals surface area (Å²) in [5.74, 6) is 0. The van der Waals surface area contributed by atoms with Gasteiger partial charge in [-0.1, -0.05) is 19.1 Å². The monoisotopic (exact) mass is 293 g/mol. The number of hydrogen-bond acceptors (Lipinski definition) is 1. The van der Waals surface area contributed by atoms with Crippen molar-refractivity contribution in [3.63, 3.8) is 0 Å². The summed E-state index contributed by atoms with van der Waals surface area (Å²) < 4.78 is 4.42. The minimum atomic E-state index is 0. The van der Waals surface area contributed by atoms with Gasteiger partial charge in [-0.05, 0) is 18.6 Å². The fourth-order valence-corrected chi connectivity index (χ4v) is 2.01. The Balaban J connectivity index is 0.00000144. The zero-order valence-electron chi connectivity index (χ0n) is 9.93. The molecule has 0 N–H and O–H groups in total. The SMILES string of the molecule is CCC[n+]1cn(CCC#N)c2ccccc21.[Br-]. The molecular formula is C13H16BrN3. The van der Waals surface area contributed by atoms with Crippen LogP contribution in [0.3, 0.4) is 0 Å². The van der Waals surface area contributed by atoms with Crippen LogP contribution < -0.4 is 21.5 Å². The summed E-state index contributed by atoms with van der Waals surface area (Å²) in [5, 5.41) is 8.64. The zero-order valence-corrected chi connectivity index (χ0v) is 11.5. The molecule has 1 aromatic heterocycles. The molecule has 1 aromatic carbocycles. The third kappa shape index (κ3) is 2.86. The molecule has 17 heavy (non-hydrogen) atoms. The summed E-state index contributed by atoms with van der Waals surface area (Å²) in [6.45, 7) is 3.97. The van der Waals surface area contributed by atoms with Crippen molar-refractivity contribution in [2.75, 3.05) is 0 Å². The lowest BCUT2D eigenvalue weighted by Crippen LogP contribution is -3.00. The van der Waals surface area contributed by atoms with Gasteiger partial charge in [0.25, 0.3) is 0 Å². The molecule has 90 valence electrons. The number of aromatic nitrogens is 2. The standard InChI is InChI=1S/C13H16N3.BrH/c1-2-9-15-11-16(10-5-8-14)13-7-4-3-6-12(13)15;/h3-4,6-7,11H,2,5,9-10H2,1H3;1H/q+1;/p-1. The number of hydrogen-bond donors (Lipinski definition) is 0. The van der Waals surface area contributed by atoms with Gasteiger partial charge in [0, 0.05) is 0 Å². The lowest BCUT2D eigenvalue weighted by Gasteiger charge is -1.91. The number of imidazole rings is 1. The largest absolute Gasteiger partial charge is 1.00 e. The molecule has 0 spiro atoms. The van der Waals surface area contributed by atoms with E-state index in [1.54, 1.807) is 0 Å². The lowest BCUT2D eigenvalue weighted by atomic mass is 10.3. The first-order valence-electron chi connectivity index (χ1n) is 5.71. The Labute approximate surface area is 112 Å². The minimum absolute atomic E-state index is 0. The van der Waals surface area contributed by atoms with Crippen molar-refractivity contribution in [3.8, 4) is 6.07 Å². The molecule has 0 aliphatic rings. The maximum absolute atomic E-state index is 8.64. The highest BCUT2D eigenvalue weighted by molar-refractivity contribution is 5.71. The number of nitrogens with zero attached hydrogens (tertiary/aromatic N) is 3. The van der Waals surface area contributed by atoms with Gasteiger partial charge in [-0.25, -0.2) is 9.13 Å². The molecule has 0 bridgehead atoms. The second-order valence-corrected chi connectivity index (χ2v) is 3.90. The summed E-state index contributed by atoms with van der Waals surface area (Å²) in [5.41, 5.74) is 2.47. The van der Waals surface area contributed by atoms with Crippen molar-refractivity contribution in [2.45, 2.75) is 32.9 Å². The van der Waals surface area contributed by atoms with E-state index in [1.807, 2.05) is 6.07 Å². The molecule has 4 heteroatoms. The van der Waals surface area contributed by atoms with Crippen LogP contribution >= 0.6 is 0 Å². The molecule has 0 radical (unpaired) electrons. The number of aryl methyl sites for hydroxylation is 2. The molecule has 0 saturated heterocycles. The van der Waals surface area contributed by atoms with Gasteiger partial charge >= 0.3 is 0 Å². The lowest BCUT2D eigenvalue weighted by molar-refractivity contribution is -0.672. The van der Waals surface area contributed by atoms with E-state index in [4.69, 9.17) is 5.26 Å². The van der Waals surface area contributed by atoms with E-state index in [9.17, 15) is 0 Å². The first kappa shape index (κ1) is 13.7. The topological polar surface area (TPSA) is 32.6 Å². The zero-order chi connectivity index (χ0) is 11.4. The van der Waals surface area contributed by atoms with Crippen LogP contribution in [0.4, 0.5) is 0 Å². The molecule has 1 heterocycles. The molecule has 0 fully saturated rings. The number of fused-ring (bicyclic) bond motifs is 1. The van der Waals surface area contributed by atoms with Crippen LogP contribution in [0.15, 0.2) is 30.6 Å². The van der Waals surface area contributed by atoms with Gasteiger partial charge in [0.1, 0.15) is 6.54 Å². The number of benzene rings is 1. The van der Waals surface area contributed by atoms with Gasteiger partial charge in [0.05, 0.1) is 19.0 Å². The molecule has 2 aromatic rings. The fraction of sp³-hybridized carbons (Fsp3) is 0.385. The average Bonchev–Trinajstić information content (AvgIpc) is 2.66. The highest BCUT2D eigenvalue weighted by atomic mass is 79.9. The molecule has 2 rings (SSSR count). The molecule has 0 aliphatic carbocycles. The van der Waals surface area contributed by atoms with Crippen molar-refractivity contribution in [1.29, 1.82) is 5.26 Å². The summed E-state index contributed by atoms with van der Waals surface area (Å²) in [6, 6.07) is 10.5. The number of rotatable bonds is 4. The fourth-order valence-electron chi connectivity index (χ4n) is 2.01. The average molecular weight is 294 g/mol. The maximum atomic E-state index is 8.64. The third-order valence-electron chi connectivity index (χ3n) is 2.71. The van der Waals surface area contributed by atoms with E-state index in [-0.39, 0.29) is 17.0 Å². The van der Waals surface area contributed by atoms with Crippen LogP contribution in [0.25, 0.3) is 11.0 Å². The van der Waals surface area contributed by atoms with E-state index in [2.05, 4.69) is 46.7 Å². The predicted molar refractivity (Wildman–Crippen MR) is 62.7 cm³/mol. The van der Waals surface area contributed by atoms with Crippen molar-refractivity contribution in [3.05, 3.63) is 30.6 Å². The quantitative estimate of drug-likeness (QED) is 0.684. The summed E-state index contributed by atoms with van der Waals surface area (Å²) in [4.78, 5) is 0. The third-order valence-corrected chi connectivity index (χ3v) is 2.71. The first-order chi connectivity index (χ1) is 7.86. The number of halogens is 1.